The third-order valence-corrected chi connectivity index (χ3v) is 1.98. The van der Waals surface area contributed by atoms with Crippen LogP contribution >= 0.6 is 0 Å². The number of nitrogens with one attached hydrogen (secondary N) is 1. The van der Waals surface area contributed by atoms with Crippen LogP contribution in [-0.2, 0) is 4.79 Å². The van der Waals surface area contributed by atoms with Gasteiger partial charge < -0.3 is 5.32 Å². The molecule has 14 heavy (non-hydrogen) atoms. The van der Waals surface area contributed by atoms with Crippen LogP contribution < -0.4 is 5.32 Å². The van der Waals surface area contributed by atoms with Crippen LogP contribution in [0.15, 0.2) is 42.5 Å². The standard InChI is InChI=1S/C12H15NO/c1-3-7-12(14)13-10(2)11-8-5-4-6-9-11/h3-10H,1-2H3,(H,13,14)/b7-3+/t10-/m0/s1. The van der Waals surface area contributed by atoms with Gasteiger partial charge >= 0.3 is 0 Å². The molecule has 0 radical (unpaired) electrons. The SMILES string of the molecule is C/C=C/C(=O)N[C@@H](C)c1ccccc1. The summed E-state index contributed by atoms with van der Waals surface area (Å²) in [6.45, 7) is 3.80. The summed E-state index contributed by atoms with van der Waals surface area (Å²) < 4.78 is 0. The second-order valence-corrected chi connectivity index (χ2v) is 3.14. The number of amides is 1. The Bertz CT molecular complexity index is 316. The highest BCUT2D eigenvalue weighted by molar-refractivity contribution is 5.87. The largest absolute Gasteiger partial charge is 0.346 e. The third-order valence-electron chi connectivity index (χ3n) is 1.98. The summed E-state index contributed by atoms with van der Waals surface area (Å²) in [5.74, 6) is -0.0520. The van der Waals surface area contributed by atoms with Crippen LogP contribution in [-0.4, -0.2) is 5.91 Å². The van der Waals surface area contributed by atoms with Gasteiger partial charge in [0.05, 0.1) is 6.04 Å². The molecule has 0 heterocycles. The summed E-state index contributed by atoms with van der Waals surface area (Å²) >= 11 is 0. The molecule has 1 aromatic carbocycles. The lowest BCUT2D eigenvalue weighted by Crippen LogP contribution is -2.24. The predicted octanol–water partition coefficient (Wildman–Crippen LogP) is 2.44. The van der Waals surface area contributed by atoms with E-state index in [0.717, 1.165) is 5.56 Å². The molecule has 0 fully saturated rings. The van der Waals surface area contributed by atoms with Gasteiger partial charge in [0, 0.05) is 0 Å². The van der Waals surface area contributed by atoms with E-state index in [4.69, 9.17) is 0 Å². The zero-order chi connectivity index (χ0) is 10.4. The number of hydrogen-bond acceptors (Lipinski definition) is 1. The first-order valence-electron chi connectivity index (χ1n) is 4.72. The Morgan fingerprint density at radius 1 is 1.36 bits per heavy atom. The summed E-state index contributed by atoms with van der Waals surface area (Å²) in [4.78, 5) is 11.2. The molecule has 1 N–H and O–H groups in total. The maximum Gasteiger partial charge on any atom is 0.244 e. The fourth-order valence-electron chi connectivity index (χ4n) is 1.24. The van der Waals surface area contributed by atoms with Crippen molar-refractivity contribution in [1.82, 2.24) is 5.32 Å². The summed E-state index contributed by atoms with van der Waals surface area (Å²) in [6, 6.07) is 9.95. The van der Waals surface area contributed by atoms with Crippen molar-refractivity contribution in [2.75, 3.05) is 0 Å². The first-order chi connectivity index (χ1) is 6.74. The Morgan fingerprint density at radius 2 is 2.00 bits per heavy atom. The fraction of sp³-hybridized carbons (Fsp3) is 0.250. The van der Waals surface area contributed by atoms with E-state index in [-0.39, 0.29) is 11.9 Å². The van der Waals surface area contributed by atoms with E-state index in [2.05, 4.69) is 5.32 Å². The minimum Gasteiger partial charge on any atom is -0.346 e. The Morgan fingerprint density at radius 3 is 2.57 bits per heavy atom. The number of benzene rings is 1. The molecule has 2 nitrogen and oxygen atoms in total. The molecule has 0 saturated carbocycles. The van der Waals surface area contributed by atoms with E-state index < -0.39 is 0 Å². The highest BCUT2D eigenvalue weighted by Gasteiger charge is 2.05. The van der Waals surface area contributed by atoms with Gasteiger partial charge in [-0.25, -0.2) is 0 Å². The van der Waals surface area contributed by atoms with Crippen molar-refractivity contribution in [3.05, 3.63) is 48.0 Å². The summed E-state index contributed by atoms with van der Waals surface area (Å²) in [5, 5.41) is 2.87. The average Bonchev–Trinajstić information content (AvgIpc) is 2.19. The van der Waals surface area contributed by atoms with Gasteiger partial charge in [0.25, 0.3) is 0 Å². The quantitative estimate of drug-likeness (QED) is 0.727. The minimum atomic E-state index is -0.0520. The van der Waals surface area contributed by atoms with Crippen LogP contribution in [0.2, 0.25) is 0 Å². The second-order valence-electron chi connectivity index (χ2n) is 3.14. The maximum atomic E-state index is 11.2. The molecule has 1 rings (SSSR count). The fourth-order valence-corrected chi connectivity index (χ4v) is 1.24. The molecule has 0 bridgehead atoms. The minimum absolute atomic E-state index is 0.0520. The molecule has 1 atom stereocenters. The second kappa shape index (κ2) is 5.22. The molecule has 0 aliphatic rings. The summed E-state index contributed by atoms with van der Waals surface area (Å²) in [5.41, 5.74) is 1.12. The number of carbonyl (C=O) groups excluding carboxylic acids is 1. The van der Waals surface area contributed by atoms with Crippen LogP contribution in [0.25, 0.3) is 0 Å². The van der Waals surface area contributed by atoms with E-state index in [0.29, 0.717) is 0 Å². The van der Waals surface area contributed by atoms with Crippen LogP contribution in [0.4, 0.5) is 0 Å². The number of carbonyl (C=O) groups is 1. The van der Waals surface area contributed by atoms with Crippen molar-refractivity contribution in [1.29, 1.82) is 0 Å². The Hall–Kier alpha value is -1.57. The highest BCUT2D eigenvalue weighted by Crippen LogP contribution is 2.10. The number of rotatable bonds is 3. The molecular weight excluding hydrogens is 174 g/mol. The van der Waals surface area contributed by atoms with Crippen LogP contribution in [0.5, 0.6) is 0 Å². The van der Waals surface area contributed by atoms with Crippen molar-refractivity contribution in [3.63, 3.8) is 0 Å². The topological polar surface area (TPSA) is 29.1 Å². The van der Waals surface area contributed by atoms with E-state index in [1.165, 1.54) is 6.08 Å². The predicted molar refractivity (Wildman–Crippen MR) is 57.8 cm³/mol. The highest BCUT2D eigenvalue weighted by atomic mass is 16.1. The van der Waals surface area contributed by atoms with Gasteiger partial charge in [0.2, 0.25) is 5.91 Å². The molecule has 1 aromatic rings. The van der Waals surface area contributed by atoms with Crippen LogP contribution in [0.1, 0.15) is 25.5 Å². The van der Waals surface area contributed by atoms with Crippen LogP contribution in [0.3, 0.4) is 0 Å². The first kappa shape index (κ1) is 10.5. The van der Waals surface area contributed by atoms with Gasteiger partial charge in [-0.05, 0) is 25.5 Å². The van der Waals surface area contributed by atoms with E-state index in [1.54, 1.807) is 6.08 Å². The van der Waals surface area contributed by atoms with E-state index in [1.807, 2.05) is 44.2 Å². The van der Waals surface area contributed by atoms with Gasteiger partial charge in [-0.1, -0.05) is 36.4 Å². The zero-order valence-electron chi connectivity index (χ0n) is 8.53. The van der Waals surface area contributed by atoms with E-state index in [9.17, 15) is 4.79 Å². The lowest BCUT2D eigenvalue weighted by Gasteiger charge is -2.12. The first-order valence-corrected chi connectivity index (χ1v) is 4.72. The van der Waals surface area contributed by atoms with Gasteiger partial charge in [-0.3, -0.25) is 4.79 Å². The van der Waals surface area contributed by atoms with Gasteiger partial charge in [-0.2, -0.15) is 0 Å². The number of hydrogen-bond donors (Lipinski definition) is 1. The van der Waals surface area contributed by atoms with Gasteiger partial charge in [0.15, 0.2) is 0 Å². The number of allylic oxidation sites excluding steroid dienone is 1. The smallest absolute Gasteiger partial charge is 0.244 e. The van der Waals surface area contributed by atoms with Gasteiger partial charge in [-0.15, -0.1) is 0 Å². The lowest BCUT2D eigenvalue weighted by molar-refractivity contribution is -0.117. The molecule has 0 aromatic heterocycles. The molecule has 74 valence electrons. The maximum absolute atomic E-state index is 11.2. The van der Waals surface area contributed by atoms with Gasteiger partial charge in [0.1, 0.15) is 0 Å². The normalized spacial score (nSPS) is 12.7. The Labute approximate surface area is 84.6 Å². The van der Waals surface area contributed by atoms with E-state index >= 15 is 0 Å². The Kier molecular flexibility index (Phi) is 3.92. The third kappa shape index (κ3) is 3.05. The molecule has 0 spiro atoms. The van der Waals surface area contributed by atoms with Crippen molar-refractivity contribution in [3.8, 4) is 0 Å². The molecule has 0 aliphatic carbocycles. The molecule has 0 aliphatic heterocycles. The lowest BCUT2D eigenvalue weighted by atomic mass is 10.1. The molecule has 1 amide bonds. The van der Waals surface area contributed by atoms with Crippen molar-refractivity contribution >= 4 is 5.91 Å². The Balaban J connectivity index is 2.59. The molecule has 0 unspecified atom stereocenters. The van der Waals surface area contributed by atoms with Crippen molar-refractivity contribution < 1.29 is 4.79 Å². The van der Waals surface area contributed by atoms with Crippen molar-refractivity contribution in [2.45, 2.75) is 19.9 Å². The molecule has 0 saturated heterocycles. The monoisotopic (exact) mass is 189 g/mol. The van der Waals surface area contributed by atoms with Crippen LogP contribution in [0, 0.1) is 0 Å². The summed E-state index contributed by atoms with van der Waals surface area (Å²) in [7, 11) is 0. The summed E-state index contributed by atoms with van der Waals surface area (Å²) in [6.07, 6.45) is 3.26. The zero-order valence-corrected chi connectivity index (χ0v) is 8.53. The molecule has 2 heteroatoms. The van der Waals surface area contributed by atoms with Crippen molar-refractivity contribution in [2.24, 2.45) is 0 Å². The molecular formula is C12H15NO. The average molecular weight is 189 g/mol.